The van der Waals surface area contributed by atoms with Crippen molar-refractivity contribution >= 4 is 9.76 Å². The molecule has 2 unspecified atom stereocenters. The Bertz CT molecular complexity index is 260. The van der Waals surface area contributed by atoms with Gasteiger partial charge in [0.2, 0.25) is 9.76 Å². The molecule has 2 radical (unpaired) electrons. The third-order valence-corrected chi connectivity index (χ3v) is 3.72. The summed E-state index contributed by atoms with van der Waals surface area (Å²) in [7, 11) is 0.0934. The van der Waals surface area contributed by atoms with Crippen LogP contribution in [0.3, 0.4) is 0 Å². The van der Waals surface area contributed by atoms with Gasteiger partial charge in [0.1, 0.15) is 0 Å². The highest BCUT2D eigenvalue weighted by atomic mass is 28.2. The zero-order valence-electron chi connectivity index (χ0n) is 9.61. The third kappa shape index (κ3) is 4.18. The molecule has 1 aromatic carbocycles. The van der Waals surface area contributed by atoms with E-state index in [1.165, 1.54) is 12.0 Å². The summed E-state index contributed by atoms with van der Waals surface area (Å²) < 4.78 is 0. The Labute approximate surface area is 95.5 Å². The van der Waals surface area contributed by atoms with Gasteiger partial charge in [-0.05, 0) is 23.4 Å². The lowest BCUT2D eigenvalue weighted by molar-refractivity contribution is 0.520. The summed E-state index contributed by atoms with van der Waals surface area (Å²) >= 11 is 0. The lowest BCUT2D eigenvalue weighted by atomic mass is 9.95. The Morgan fingerprint density at radius 2 is 1.93 bits per heavy atom. The van der Waals surface area contributed by atoms with Crippen LogP contribution in [-0.4, -0.2) is 14.6 Å². The minimum atomic E-state index is 0.0934. The van der Waals surface area contributed by atoms with Crippen molar-refractivity contribution in [2.24, 2.45) is 0 Å². The van der Waals surface area contributed by atoms with Gasteiger partial charge in [-0.2, -0.15) is 0 Å². The molecule has 0 aliphatic rings. The first-order valence-corrected chi connectivity index (χ1v) is 6.75. The summed E-state index contributed by atoms with van der Waals surface area (Å²) in [5.41, 5.74) is 1.88. The van der Waals surface area contributed by atoms with Gasteiger partial charge in [0.15, 0.2) is 0 Å². The van der Waals surface area contributed by atoms with E-state index in [4.69, 9.17) is 0 Å². The Morgan fingerprint density at radius 3 is 2.47 bits per heavy atom. The second kappa shape index (κ2) is 6.80. The van der Waals surface area contributed by atoms with Crippen molar-refractivity contribution in [1.82, 2.24) is 0 Å². The summed E-state index contributed by atoms with van der Waals surface area (Å²) in [5.74, 6) is 0.558. The van der Waals surface area contributed by atoms with Crippen molar-refractivity contribution in [3.8, 4) is 0 Å². The first-order valence-electron chi connectivity index (χ1n) is 5.72. The monoisotopic (exact) mass is 220 g/mol. The molecule has 2 atom stereocenters. The molecule has 2 heteroatoms. The fraction of sp³-hybridized carbons (Fsp3) is 0.538. The van der Waals surface area contributed by atoms with Crippen LogP contribution in [0.4, 0.5) is 0 Å². The van der Waals surface area contributed by atoms with E-state index in [-0.39, 0.29) is 9.76 Å². The van der Waals surface area contributed by atoms with Crippen molar-refractivity contribution in [3.63, 3.8) is 0 Å². The van der Waals surface area contributed by atoms with Crippen LogP contribution in [-0.2, 0) is 0 Å². The van der Waals surface area contributed by atoms with Gasteiger partial charge in [-0.25, -0.2) is 0 Å². The summed E-state index contributed by atoms with van der Waals surface area (Å²) in [4.78, 5) is 9.28. The molecule has 0 bridgehead atoms. The molecule has 0 amide bonds. The van der Waals surface area contributed by atoms with Gasteiger partial charge in [-0.1, -0.05) is 57.0 Å². The van der Waals surface area contributed by atoms with Gasteiger partial charge in [-0.15, -0.1) is 0 Å². The summed E-state index contributed by atoms with van der Waals surface area (Å²) in [6, 6.07) is 10.6. The maximum absolute atomic E-state index is 9.28. The predicted octanol–water partition coefficient (Wildman–Crippen LogP) is 3.38. The fourth-order valence-electron chi connectivity index (χ4n) is 1.93. The quantitative estimate of drug-likeness (QED) is 0.729. The third-order valence-electron chi connectivity index (χ3n) is 2.83. The molecule has 1 rings (SSSR count). The molecule has 0 saturated heterocycles. The maximum Gasteiger partial charge on any atom is 0.227 e. The van der Waals surface area contributed by atoms with Gasteiger partial charge >= 0.3 is 0 Å². The van der Waals surface area contributed by atoms with Crippen LogP contribution in [0.2, 0.25) is 5.54 Å². The highest BCUT2D eigenvalue weighted by Crippen LogP contribution is 2.28. The zero-order valence-corrected chi connectivity index (χ0v) is 10.6. The topological polar surface area (TPSA) is 20.2 Å². The number of hydrogen-bond acceptors (Lipinski definition) is 1. The lowest BCUT2D eigenvalue weighted by Crippen LogP contribution is -2.07. The van der Waals surface area contributed by atoms with Gasteiger partial charge in [0.05, 0.1) is 0 Å². The molecular weight excluding hydrogens is 200 g/mol. The van der Waals surface area contributed by atoms with Crippen LogP contribution in [0.1, 0.15) is 44.6 Å². The molecule has 1 nitrogen and oxygen atoms in total. The standard InChI is InChI=1S/C13H20OSi/c1-3-7-13(15-14)10-11(2)12-8-5-4-6-9-12/h4-6,8-9,11,13-14H,3,7,10H2,1-2H3. The average Bonchev–Trinajstić information content (AvgIpc) is 2.29. The van der Waals surface area contributed by atoms with Crippen molar-refractivity contribution in [1.29, 1.82) is 0 Å². The molecular formula is C13H20OSi. The highest BCUT2D eigenvalue weighted by molar-refractivity contribution is 6.27. The Kier molecular flexibility index (Phi) is 5.65. The first kappa shape index (κ1) is 12.5. The lowest BCUT2D eigenvalue weighted by Gasteiger charge is -2.17. The fourth-order valence-corrected chi connectivity index (χ4v) is 2.80. The average molecular weight is 220 g/mol. The van der Waals surface area contributed by atoms with Gasteiger partial charge in [0.25, 0.3) is 0 Å². The van der Waals surface area contributed by atoms with E-state index >= 15 is 0 Å². The van der Waals surface area contributed by atoms with E-state index in [9.17, 15) is 4.80 Å². The van der Waals surface area contributed by atoms with E-state index in [2.05, 4.69) is 38.1 Å². The summed E-state index contributed by atoms with van der Waals surface area (Å²) in [5, 5.41) is 0. The Balaban J connectivity index is 2.50. The number of benzene rings is 1. The van der Waals surface area contributed by atoms with E-state index in [0.29, 0.717) is 11.5 Å². The van der Waals surface area contributed by atoms with Crippen LogP contribution in [0, 0.1) is 0 Å². The largest absolute Gasteiger partial charge is 0.431 e. The van der Waals surface area contributed by atoms with Crippen LogP contribution < -0.4 is 0 Å². The van der Waals surface area contributed by atoms with E-state index in [0.717, 1.165) is 12.8 Å². The van der Waals surface area contributed by atoms with Gasteiger partial charge in [-0.3, -0.25) is 0 Å². The predicted molar refractivity (Wildman–Crippen MR) is 66.1 cm³/mol. The van der Waals surface area contributed by atoms with Crippen LogP contribution in [0.15, 0.2) is 30.3 Å². The molecule has 0 heterocycles. The van der Waals surface area contributed by atoms with Gasteiger partial charge < -0.3 is 4.80 Å². The molecule has 0 fully saturated rings. The smallest absolute Gasteiger partial charge is 0.227 e. The number of hydrogen-bond donors (Lipinski definition) is 1. The second-order valence-electron chi connectivity index (χ2n) is 4.16. The molecule has 82 valence electrons. The Morgan fingerprint density at radius 1 is 1.27 bits per heavy atom. The van der Waals surface area contributed by atoms with Crippen LogP contribution in [0.25, 0.3) is 0 Å². The van der Waals surface area contributed by atoms with E-state index in [1.54, 1.807) is 0 Å². The molecule has 15 heavy (non-hydrogen) atoms. The molecule has 0 spiro atoms. The van der Waals surface area contributed by atoms with Crippen molar-refractivity contribution in [2.45, 2.75) is 44.6 Å². The molecule has 0 aromatic heterocycles. The number of rotatable bonds is 6. The zero-order chi connectivity index (χ0) is 11.1. The first-order chi connectivity index (χ1) is 7.27. The summed E-state index contributed by atoms with van der Waals surface area (Å²) in [6.07, 6.45) is 3.42. The second-order valence-corrected chi connectivity index (χ2v) is 5.24. The molecule has 0 aliphatic heterocycles. The highest BCUT2D eigenvalue weighted by Gasteiger charge is 2.14. The van der Waals surface area contributed by atoms with Crippen molar-refractivity contribution < 1.29 is 4.80 Å². The minimum absolute atomic E-state index is 0.0934. The van der Waals surface area contributed by atoms with E-state index in [1.807, 2.05) is 6.07 Å². The van der Waals surface area contributed by atoms with Crippen LogP contribution >= 0.6 is 0 Å². The molecule has 1 aromatic rings. The molecule has 1 N–H and O–H groups in total. The van der Waals surface area contributed by atoms with Crippen LogP contribution in [0.5, 0.6) is 0 Å². The van der Waals surface area contributed by atoms with E-state index < -0.39 is 0 Å². The SMILES string of the molecule is CCCC(CC(C)c1ccccc1)[Si]O. The van der Waals surface area contributed by atoms with Gasteiger partial charge in [0, 0.05) is 0 Å². The Hall–Kier alpha value is -0.603. The minimum Gasteiger partial charge on any atom is -0.431 e. The normalized spacial score (nSPS) is 14.9. The molecule has 0 saturated carbocycles. The van der Waals surface area contributed by atoms with Crippen molar-refractivity contribution in [3.05, 3.63) is 35.9 Å². The maximum atomic E-state index is 9.28. The summed E-state index contributed by atoms with van der Waals surface area (Å²) in [6.45, 7) is 4.43. The van der Waals surface area contributed by atoms with Crippen molar-refractivity contribution in [2.75, 3.05) is 0 Å². The molecule has 0 aliphatic carbocycles.